The lowest BCUT2D eigenvalue weighted by molar-refractivity contribution is -0.117. The largest absolute Gasteiger partial charge is 0.502 e. The summed E-state index contributed by atoms with van der Waals surface area (Å²) in [6.45, 7) is 1.86. The monoisotopic (exact) mass is 483 g/mol. The molecular weight excluding hydrogens is 466 g/mol. The van der Waals surface area contributed by atoms with Crippen LogP contribution in [0.2, 0.25) is 0 Å². The second-order valence-electron chi connectivity index (χ2n) is 6.99. The van der Waals surface area contributed by atoms with E-state index in [1.807, 2.05) is 13.0 Å². The number of sulfone groups is 1. The zero-order chi connectivity index (χ0) is 21.5. The maximum atomic E-state index is 13.5. The van der Waals surface area contributed by atoms with Gasteiger partial charge in [-0.15, -0.1) is 0 Å². The number of halogens is 1. The fourth-order valence-corrected chi connectivity index (χ4v) is 5.40. The average molecular weight is 484 g/mol. The van der Waals surface area contributed by atoms with Crippen LogP contribution in [0.1, 0.15) is 17.2 Å². The van der Waals surface area contributed by atoms with Crippen molar-refractivity contribution in [2.24, 2.45) is 0 Å². The SMILES string of the molecule is Cc1ccc(S(=O)(=O)C2=C(O)C(=O)N(c3ccc(Br)cc3)[C@H]2c2ccccc2)cc1. The van der Waals surface area contributed by atoms with Gasteiger partial charge in [-0.2, -0.15) is 0 Å². The molecule has 0 radical (unpaired) electrons. The summed E-state index contributed by atoms with van der Waals surface area (Å²) in [7, 11) is -4.13. The summed E-state index contributed by atoms with van der Waals surface area (Å²) in [5, 5.41) is 10.7. The molecule has 0 unspecified atom stereocenters. The predicted octanol–water partition coefficient (Wildman–Crippen LogP) is 5.09. The summed E-state index contributed by atoms with van der Waals surface area (Å²) >= 11 is 3.36. The summed E-state index contributed by atoms with van der Waals surface area (Å²) in [5.41, 5.74) is 1.98. The fraction of sp³-hybridized carbons (Fsp3) is 0.0870. The molecule has 1 aliphatic rings. The van der Waals surface area contributed by atoms with Crippen LogP contribution in [-0.2, 0) is 14.6 Å². The molecule has 3 aromatic carbocycles. The van der Waals surface area contributed by atoms with E-state index in [1.165, 1.54) is 17.0 Å². The minimum Gasteiger partial charge on any atom is -0.502 e. The lowest BCUT2D eigenvalue weighted by atomic mass is 10.1. The Morgan fingerprint density at radius 1 is 0.900 bits per heavy atom. The van der Waals surface area contributed by atoms with E-state index < -0.39 is 27.5 Å². The summed E-state index contributed by atoms with van der Waals surface area (Å²) in [4.78, 5) is 14.1. The standard InChI is InChI=1S/C23H18BrNO4S/c1-15-7-13-19(14-8-15)30(28,29)22-20(16-5-3-2-4-6-16)25(23(27)21(22)26)18-11-9-17(24)10-12-18/h2-14,20,26H,1H3/t20-/m0/s1. The third-order valence-corrected chi connectivity index (χ3v) is 7.42. The number of aliphatic hydroxyl groups is 1. The number of hydrogen-bond donors (Lipinski definition) is 1. The molecule has 0 saturated heterocycles. The van der Waals surface area contributed by atoms with Crippen molar-refractivity contribution in [2.45, 2.75) is 17.9 Å². The lowest BCUT2D eigenvalue weighted by Crippen LogP contribution is -2.31. The van der Waals surface area contributed by atoms with Gasteiger partial charge in [-0.25, -0.2) is 8.42 Å². The first kappa shape index (κ1) is 20.4. The smallest absolute Gasteiger partial charge is 0.295 e. The van der Waals surface area contributed by atoms with Crippen molar-refractivity contribution in [3.05, 3.63) is 105 Å². The van der Waals surface area contributed by atoms with Gasteiger partial charge in [0.25, 0.3) is 5.91 Å². The van der Waals surface area contributed by atoms with Gasteiger partial charge in [-0.3, -0.25) is 9.69 Å². The molecule has 1 aliphatic heterocycles. The zero-order valence-electron chi connectivity index (χ0n) is 16.0. The number of hydrogen-bond acceptors (Lipinski definition) is 4. The minimum absolute atomic E-state index is 0.0287. The molecule has 0 spiro atoms. The van der Waals surface area contributed by atoms with Crippen LogP contribution >= 0.6 is 15.9 Å². The molecule has 30 heavy (non-hydrogen) atoms. The Hall–Kier alpha value is -2.90. The second kappa shape index (κ2) is 7.74. The molecule has 3 aromatic rings. The highest BCUT2D eigenvalue weighted by Gasteiger charge is 2.47. The number of carbonyl (C=O) groups excluding carboxylic acids is 1. The molecule has 0 aromatic heterocycles. The first-order valence-corrected chi connectivity index (χ1v) is 11.5. The van der Waals surface area contributed by atoms with E-state index in [-0.39, 0.29) is 9.80 Å². The van der Waals surface area contributed by atoms with Crippen molar-refractivity contribution < 1.29 is 18.3 Å². The van der Waals surface area contributed by atoms with Crippen LogP contribution in [0.25, 0.3) is 0 Å². The first-order valence-electron chi connectivity index (χ1n) is 9.19. The zero-order valence-corrected chi connectivity index (χ0v) is 18.4. The molecule has 0 fully saturated rings. The van der Waals surface area contributed by atoms with Gasteiger partial charge >= 0.3 is 0 Å². The number of amides is 1. The molecule has 0 saturated carbocycles. The Bertz CT molecular complexity index is 1230. The van der Waals surface area contributed by atoms with Gasteiger partial charge in [0, 0.05) is 10.2 Å². The van der Waals surface area contributed by atoms with Crippen LogP contribution in [0.3, 0.4) is 0 Å². The van der Waals surface area contributed by atoms with Gasteiger partial charge in [0.05, 0.1) is 4.90 Å². The Morgan fingerprint density at radius 3 is 2.10 bits per heavy atom. The van der Waals surface area contributed by atoms with Gasteiger partial charge in [0.2, 0.25) is 9.84 Å². The second-order valence-corrected chi connectivity index (χ2v) is 9.83. The first-order chi connectivity index (χ1) is 14.3. The van der Waals surface area contributed by atoms with E-state index in [4.69, 9.17) is 0 Å². The van der Waals surface area contributed by atoms with Crippen LogP contribution in [0.4, 0.5) is 5.69 Å². The van der Waals surface area contributed by atoms with E-state index in [0.717, 1.165) is 10.0 Å². The van der Waals surface area contributed by atoms with E-state index >= 15 is 0 Å². The minimum atomic E-state index is -4.13. The van der Waals surface area contributed by atoms with Crippen LogP contribution in [0, 0.1) is 6.92 Å². The maximum absolute atomic E-state index is 13.5. The van der Waals surface area contributed by atoms with Crippen LogP contribution < -0.4 is 4.90 Å². The average Bonchev–Trinajstić information content (AvgIpc) is 3.01. The topological polar surface area (TPSA) is 74.7 Å². The van der Waals surface area contributed by atoms with Gasteiger partial charge in [0.15, 0.2) is 5.76 Å². The Kier molecular flexibility index (Phi) is 5.26. The Balaban J connectivity index is 1.92. The summed E-state index contributed by atoms with van der Waals surface area (Å²) in [5.74, 6) is -1.51. The van der Waals surface area contributed by atoms with E-state index in [0.29, 0.717) is 11.3 Å². The van der Waals surface area contributed by atoms with Crippen LogP contribution in [0.5, 0.6) is 0 Å². The highest BCUT2D eigenvalue weighted by molar-refractivity contribution is 9.10. The Morgan fingerprint density at radius 2 is 1.50 bits per heavy atom. The maximum Gasteiger partial charge on any atom is 0.295 e. The number of nitrogens with zero attached hydrogens (tertiary/aromatic N) is 1. The molecule has 7 heteroatoms. The highest BCUT2D eigenvalue weighted by atomic mass is 79.9. The van der Waals surface area contributed by atoms with Crippen molar-refractivity contribution >= 4 is 37.4 Å². The van der Waals surface area contributed by atoms with Crippen molar-refractivity contribution in [3.63, 3.8) is 0 Å². The predicted molar refractivity (Wildman–Crippen MR) is 119 cm³/mol. The molecule has 0 bridgehead atoms. The van der Waals surface area contributed by atoms with Crippen molar-refractivity contribution in [1.29, 1.82) is 0 Å². The third kappa shape index (κ3) is 3.44. The molecule has 4 rings (SSSR count). The Labute approximate surface area is 183 Å². The molecule has 152 valence electrons. The van der Waals surface area contributed by atoms with Gasteiger partial charge < -0.3 is 5.11 Å². The van der Waals surface area contributed by atoms with Crippen molar-refractivity contribution in [1.82, 2.24) is 0 Å². The summed E-state index contributed by atoms with van der Waals surface area (Å²) < 4.78 is 27.8. The van der Waals surface area contributed by atoms with Crippen molar-refractivity contribution in [2.75, 3.05) is 4.90 Å². The number of aryl methyl sites for hydroxylation is 1. The number of rotatable bonds is 4. The van der Waals surface area contributed by atoms with Gasteiger partial charge in [-0.05, 0) is 48.9 Å². The third-order valence-electron chi connectivity index (χ3n) is 5.00. The molecule has 1 N–H and O–H groups in total. The normalized spacial score (nSPS) is 16.9. The van der Waals surface area contributed by atoms with E-state index in [1.54, 1.807) is 60.7 Å². The molecule has 1 atom stereocenters. The quantitative estimate of drug-likeness (QED) is 0.560. The van der Waals surface area contributed by atoms with E-state index in [2.05, 4.69) is 15.9 Å². The van der Waals surface area contributed by atoms with Crippen LogP contribution in [-0.4, -0.2) is 19.4 Å². The van der Waals surface area contributed by atoms with Crippen LogP contribution in [0.15, 0.2) is 98.9 Å². The fourth-order valence-electron chi connectivity index (χ4n) is 3.51. The molecule has 0 aliphatic carbocycles. The summed E-state index contributed by atoms with van der Waals surface area (Å²) in [6, 6.07) is 21.1. The number of anilines is 1. The molecule has 1 heterocycles. The highest BCUT2D eigenvalue weighted by Crippen LogP contribution is 2.44. The lowest BCUT2D eigenvalue weighted by Gasteiger charge is -2.27. The summed E-state index contributed by atoms with van der Waals surface area (Å²) in [6.07, 6.45) is 0. The molecule has 5 nitrogen and oxygen atoms in total. The van der Waals surface area contributed by atoms with Gasteiger partial charge in [-0.1, -0.05) is 64.0 Å². The number of carbonyl (C=O) groups is 1. The molecule has 1 amide bonds. The van der Waals surface area contributed by atoms with Gasteiger partial charge in [0.1, 0.15) is 10.9 Å². The number of aliphatic hydroxyl groups excluding tert-OH is 1. The van der Waals surface area contributed by atoms with E-state index in [9.17, 15) is 18.3 Å². The molecular formula is C23H18BrNO4S. The number of benzene rings is 3. The van der Waals surface area contributed by atoms with Crippen molar-refractivity contribution in [3.8, 4) is 0 Å².